The Morgan fingerprint density at radius 2 is 2.05 bits per heavy atom. The van der Waals surface area contributed by atoms with E-state index in [1.54, 1.807) is 11.7 Å². The molecule has 2 atom stereocenters. The molecule has 0 radical (unpaired) electrons. The second-order valence-electron chi connectivity index (χ2n) is 5.98. The lowest BCUT2D eigenvalue weighted by Gasteiger charge is -2.34. The third-order valence-corrected chi connectivity index (χ3v) is 3.91. The number of ether oxygens (including phenoxy) is 1. The van der Waals surface area contributed by atoms with E-state index >= 15 is 0 Å². The first-order chi connectivity index (χ1) is 9.28. The van der Waals surface area contributed by atoms with Gasteiger partial charge in [-0.1, -0.05) is 13.8 Å². The third kappa shape index (κ3) is 2.29. The van der Waals surface area contributed by atoms with Crippen molar-refractivity contribution in [2.45, 2.75) is 57.0 Å². The Kier molecular flexibility index (Phi) is 3.02. The molecule has 1 aliphatic carbocycles. The van der Waals surface area contributed by atoms with Gasteiger partial charge in [-0.3, -0.25) is 4.68 Å². The molecule has 1 aliphatic heterocycles. The minimum absolute atomic E-state index is 0.133. The molecule has 0 amide bonds. The van der Waals surface area contributed by atoms with Crippen molar-refractivity contribution in [3.63, 3.8) is 0 Å². The number of nitrogens with zero attached hydrogens (tertiary/aromatic N) is 2. The molecule has 0 bridgehead atoms. The molecule has 1 aromatic heterocycles. The van der Waals surface area contributed by atoms with Crippen molar-refractivity contribution >= 4 is 5.82 Å². The van der Waals surface area contributed by atoms with E-state index in [1.807, 2.05) is 13.8 Å². The SMILES string of the molecule is CC(C)c1c(C2CC(F)(F)C2)nn(C)c1NC1OC1O. The number of halogens is 2. The topological polar surface area (TPSA) is 62.6 Å². The highest BCUT2D eigenvalue weighted by atomic mass is 19.3. The number of hydrogen-bond acceptors (Lipinski definition) is 4. The molecule has 2 heterocycles. The Labute approximate surface area is 115 Å². The number of rotatable bonds is 4. The first-order valence-corrected chi connectivity index (χ1v) is 6.83. The van der Waals surface area contributed by atoms with Crippen LogP contribution in [0.15, 0.2) is 0 Å². The van der Waals surface area contributed by atoms with Crippen molar-refractivity contribution < 1.29 is 18.6 Å². The largest absolute Gasteiger partial charge is 0.364 e. The van der Waals surface area contributed by atoms with E-state index in [-0.39, 0.29) is 24.7 Å². The predicted octanol–water partition coefficient (Wildman–Crippen LogP) is 2.14. The number of aryl methyl sites for hydroxylation is 1. The van der Waals surface area contributed by atoms with Crippen LogP contribution in [0.5, 0.6) is 0 Å². The fourth-order valence-electron chi connectivity index (χ4n) is 2.80. The van der Waals surface area contributed by atoms with Crippen LogP contribution in [0.3, 0.4) is 0 Å². The number of aromatic nitrogens is 2. The maximum Gasteiger partial charge on any atom is 0.249 e. The summed E-state index contributed by atoms with van der Waals surface area (Å²) in [6.45, 7) is 4.01. The molecule has 2 fully saturated rings. The summed E-state index contributed by atoms with van der Waals surface area (Å²) in [7, 11) is 1.77. The molecule has 2 unspecified atom stereocenters. The summed E-state index contributed by atoms with van der Waals surface area (Å²) < 4.78 is 32.7. The van der Waals surface area contributed by atoms with Gasteiger partial charge in [0.05, 0.1) is 5.69 Å². The average Bonchev–Trinajstić information content (AvgIpc) is 2.87. The van der Waals surface area contributed by atoms with Gasteiger partial charge in [-0.2, -0.15) is 5.10 Å². The second-order valence-corrected chi connectivity index (χ2v) is 5.98. The van der Waals surface area contributed by atoms with E-state index in [4.69, 9.17) is 4.74 Å². The number of epoxide rings is 1. The van der Waals surface area contributed by atoms with Crippen LogP contribution >= 0.6 is 0 Å². The van der Waals surface area contributed by atoms with Crippen LogP contribution in [0.2, 0.25) is 0 Å². The molecule has 3 rings (SSSR count). The molecular formula is C13H19F2N3O2. The second kappa shape index (κ2) is 4.39. The monoisotopic (exact) mass is 287 g/mol. The Morgan fingerprint density at radius 3 is 2.50 bits per heavy atom. The highest BCUT2D eigenvalue weighted by Gasteiger charge is 2.48. The van der Waals surface area contributed by atoms with E-state index in [0.717, 1.165) is 17.1 Å². The highest BCUT2D eigenvalue weighted by molar-refractivity contribution is 5.52. The summed E-state index contributed by atoms with van der Waals surface area (Å²) >= 11 is 0. The molecule has 1 saturated heterocycles. The van der Waals surface area contributed by atoms with E-state index < -0.39 is 18.4 Å². The zero-order chi connectivity index (χ0) is 14.7. The van der Waals surface area contributed by atoms with Crippen molar-refractivity contribution in [1.82, 2.24) is 9.78 Å². The van der Waals surface area contributed by atoms with Crippen LogP contribution < -0.4 is 5.32 Å². The normalized spacial score (nSPS) is 28.6. The number of alkyl halides is 2. The van der Waals surface area contributed by atoms with Gasteiger partial charge in [0.15, 0.2) is 6.23 Å². The van der Waals surface area contributed by atoms with Gasteiger partial charge < -0.3 is 15.2 Å². The van der Waals surface area contributed by atoms with Crippen molar-refractivity contribution in [3.05, 3.63) is 11.3 Å². The molecular weight excluding hydrogens is 268 g/mol. The number of aliphatic hydroxyl groups is 1. The smallest absolute Gasteiger partial charge is 0.249 e. The van der Waals surface area contributed by atoms with Gasteiger partial charge in [0, 0.05) is 31.4 Å². The minimum Gasteiger partial charge on any atom is -0.364 e. The van der Waals surface area contributed by atoms with Gasteiger partial charge in [-0.05, 0) is 5.92 Å². The quantitative estimate of drug-likeness (QED) is 0.833. The van der Waals surface area contributed by atoms with Crippen LogP contribution in [0.1, 0.15) is 49.8 Å². The van der Waals surface area contributed by atoms with Gasteiger partial charge in [0.1, 0.15) is 5.82 Å². The van der Waals surface area contributed by atoms with Crippen LogP contribution in [0, 0.1) is 0 Å². The number of hydrogen-bond donors (Lipinski definition) is 2. The molecule has 1 aromatic rings. The standard InChI is InChI=1S/C13H19F2N3O2/c1-6(2)8-9(7-4-13(14,15)5-7)17-18(3)10(8)16-11-12(19)20-11/h6-7,11-12,16,19H,4-5H2,1-3H3. The predicted molar refractivity (Wildman–Crippen MR) is 68.7 cm³/mol. The first kappa shape index (κ1) is 13.8. The van der Waals surface area contributed by atoms with E-state index in [9.17, 15) is 13.9 Å². The zero-order valence-corrected chi connectivity index (χ0v) is 11.7. The lowest BCUT2D eigenvalue weighted by Crippen LogP contribution is -2.34. The maximum absolute atomic E-state index is 13.1. The van der Waals surface area contributed by atoms with Crippen molar-refractivity contribution in [2.75, 3.05) is 5.32 Å². The van der Waals surface area contributed by atoms with Crippen molar-refractivity contribution in [2.24, 2.45) is 7.05 Å². The lowest BCUT2D eigenvalue weighted by atomic mass is 9.77. The maximum atomic E-state index is 13.1. The van der Waals surface area contributed by atoms with Crippen molar-refractivity contribution in [1.29, 1.82) is 0 Å². The molecule has 7 heteroatoms. The average molecular weight is 287 g/mol. The summed E-state index contributed by atoms with van der Waals surface area (Å²) in [5.41, 5.74) is 1.68. The number of aliphatic hydroxyl groups excluding tert-OH is 1. The summed E-state index contributed by atoms with van der Waals surface area (Å²) in [5, 5.41) is 16.7. The molecule has 0 aromatic carbocycles. The van der Waals surface area contributed by atoms with Gasteiger partial charge in [-0.15, -0.1) is 0 Å². The fourth-order valence-corrected chi connectivity index (χ4v) is 2.80. The van der Waals surface area contributed by atoms with E-state index in [2.05, 4.69) is 10.4 Å². The van der Waals surface area contributed by atoms with E-state index in [0.29, 0.717) is 0 Å². The molecule has 112 valence electrons. The highest BCUT2D eigenvalue weighted by Crippen LogP contribution is 2.50. The van der Waals surface area contributed by atoms with Gasteiger partial charge >= 0.3 is 0 Å². The molecule has 5 nitrogen and oxygen atoms in total. The zero-order valence-electron chi connectivity index (χ0n) is 11.7. The molecule has 0 spiro atoms. The summed E-state index contributed by atoms with van der Waals surface area (Å²) in [5.74, 6) is -1.84. The molecule has 20 heavy (non-hydrogen) atoms. The first-order valence-electron chi connectivity index (χ1n) is 6.83. The molecule has 1 saturated carbocycles. The van der Waals surface area contributed by atoms with Crippen LogP contribution in [-0.4, -0.2) is 33.3 Å². The van der Waals surface area contributed by atoms with Gasteiger partial charge in [0.2, 0.25) is 12.2 Å². The third-order valence-electron chi connectivity index (χ3n) is 3.91. The number of nitrogens with one attached hydrogen (secondary N) is 1. The molecule has 2 N–H and O–H groups in total. The Hall–Kier alpha value is -1.21. The lowest BCUT2D eigenvalue weighted by molar-refractivity contribution is -0.0878. The van der Waals surface area contributed by atoms with Gasteiger partial charge in [0.25, 0.3) is 0 Å². The Bertz CT molecular complexity index is 522. The van der Waals surface area contributed by atoms with E-state index in [1.165, 1.54) is 0 Å². The number of anilines is 1. The van der Waals surface area contributed by atoms with Crippen LogP contribution in [0.4, 0.5) is 14.6 Å². The fraction of sp³-hybridized carbons (Fsp3) is 0.769. The van der Waals surface area contributed by atoms with Crippen molar-refractivity contribution in [3.8, 4) is 0 Å². The Balaban J connectivity index is 1.88. The summed E-state index contributed by atoms with van der Waals surface area (Å²) in [4.78, 5) is 0. The summed E-state index contributed by atoms with van der Waals surface area (Å²) in [6, 6.07) is 0. The van der Waals surface area contributed by atoms with Gasteiger partial charge in [-0.25, -0.2) is 8.78 Å². The summed E-state index contributed by atoms with van der Waals surface area (Å²) in [6.07, 6.45) is -1.50. The molecule has 2 aliphatic rings. The minimum atomic E-state index is -2.56. The van der Waals surface area contributed by atoms with Crippen LogP contribution in [0.25, 0.3) is 0 Å². The Morgan fingerprint density at radius 1 is 1.45 bits per heavy atom. The van der Waals surface area contributed by atoms with Crippen LogP contribution in [-0.2, 0) is 11.8 Å².